The molecule has 4 aromatic heterocycles. The number of furan rings is 1. The lowest BCUT2D eigenvalue weighted by atomic mass is 9.83. The van der Waals surface area contributed by atoms with Gasteiger partial charge in [-0.05, 0) is 95.6 Å². The molecule has 10 aromatic carbocycles. The van der Waals surface area contributed by atoms with Crippen LogP contribution < -0.4 is 10.2 Å². The number of anilines is 4. The summed E-state index contributed by atoms with van der Waals surface area (Å²) in [7, 11) is 0. The van der Waals surface area contributed by atoms with Crippen molar-refractivity contribution >= 4 is 110 Å². The molecule has 0 spiro atoms. The van der Waals surface area contributed by atoms with Gasteiger partial charge < -0.3 is 24.0 Å². The number of para-hydroxylation sites is 6. The summed E-state index contributed by atoms with van der Waals surface area (Å²) in [5.74, 6) is 0.507. The summed E-state index contributed by atoms with van der Waals surface area (Å²) < 4.78 is 9.66. The fourth-order valence-electron chi connectivity index (χ4n) is 13.2. The van der Waals surface area contributed by atoms with Crippen molar-refractivity contribution < 1.29 is 4.42 Å². The molecule has 0 radical (unpaired) electrons. The molecule has 0 unspecified atom stereocenters. The monoisotopic (exact) mass is 990 g/mol. The molecule has 368 valence electrons. The van der Waals surface area contributed by atoms with Crippen LogP contribution in [0.3, 0.4) is 0 Å². The van der Waals surface area contributed by atoms with Crippen LogP contribution in [0.4, 0.5) is 22.7 Å². The number of H-pyrrole nitrogens is 1. The van der Waals surface area contributed by atoms with E-state index in [1.807, 2.05) is 6.08 Å². The third-order valence-electron chi connectivity index (χ3n) is 16.5. The van der Waals surface area contributed by atoms with Crippen molar-refractivity contribution in [3.63, 3.8) is 0 Å². The first-order chi connectivity index (χ1) is 38.1. The number of benzene rings is 10. The van der Waals surface area contributed by atoms with E-state index in [9.17, 15) is 0 Å². The Morgan fingerprint density at radius 1 is 0.545 bits per heavy atom. The van der Waals surface area contributed by atoms with Gasteiger partial charge >= 0.3 is 0 Å². The van der Waals surface area contributed by atoms with E-state index in [-0.39, 0.29) is 0 Å². The Bertz CT molecular complexity index is 4650. The van der Waals surface area contributed by atoms with Gasteiger partial charge in [-0.15, -0.1) is 0 Å². The maximum absolute atomic E-state index is 7.11. The predicted octanol–water partition coefficient (Wildman–Crippen LogP) is 20.4. The fraction of sp³-hybridized carbons (Fsp3) is 0.0833. The van der Waals surface area contributed by atoms with Crippen LogP contribution in [0.2, 0.25) is 0 Å². The van der Waals surface area contributed by atoms with Gasteiger partial charge in [0.25, 0.3) is 0 Å². The molecule has 0 aliphatic heterocycles. The molecule has 1 aliphatic rings. The van der Waals surface area contributed by atoms with E-state index in [0.717, 1.165) is 89.1 Å². The van der Waals surface area contributed by atoms with Gasteiger partial charge in [0.1, 0.15) is 5.58 Å². The molecule has 15 rings (SSSR count). The van der Waals surface area contributed by atoms with Gasteiger partial charge in [-0.3, -0.25) is 0 Å². The zero-order valence-electron chi connectivity index (χ0n) is 42.7. The molecule has 0 saturated heterocycles. The van der Waals surface area contributed by atoms with Crippen LogP contribution in [0, 0.1) is 0 Å². The van der Waals surface area contributed by atoms with Crippen LogP contribution in [0.1, 0.15) is 49.1 Å². The highest BCUT2D eigenvalue weighted by molar-refractivity contribution is 6.36. The SMILES string of the molecule is C=C/C(=C\C(=C)N(c1ccccc1)c1cccc2c1oc1c(C3CCCCC3)cccc12)c1cccc2c1[nH]c1c(-c3ccccc3)c3c4cccc5c6cc(Nc7ccccc7)ccc6n(c3c(-c3ccccc3)c12)c54. The van der Waals surface area contributed by atoms with Gasteiger partial charge in [-0.1, -0.05) is 202 Å². The number of aromatic amines is 1. The Morgan fingerprint density at radius 3 is 1.94 bits per heavy atom. The van der Waals surface area contributed by atoms with Crippen LogP contribution >= 0.6 is 0 Å². The Balaban J connectivity index is 0.966. The lowest BCUT2D eigenvalue weighted by Gasteiger charge is -2.26. The Labute approximate surface area is 446 Å². The van der Waals surface area contributed by atoms with Crippen molar-refractivity contribution in [2.75, 3.05) is 10.2 Å². The summed E-state index contributed by atoms with van der Waals surface area (Å²) >= 11 is 0. The zero-order chi connectivity index (χ0) is 51.1. The van der Waals surface area contributed by atoms with Gasteiger partial charge in [-0.2, -0.15) is 0 Å². The third kappa shape index (κ3) is 7.07. The predicted molar refractivity (Wildman–Crippen MR) is 327 cm³/mol. The second-order valence-electron chi connectivity index (χ2n) is 20.8. The Hall–Kier alpha value is -9.58. The van der Waals surface area contributed by atoms with E-state index in [1.54, 1.807) is 0 Å². The van der Waals surface area contributed by atoms with E-state index in [1.165, 1.54) is 92.3 Å². The van der Waals surface area contributed by atoms with Crippen molar-refractivity contribution in [1.82, 2.24) is 9.38 Å². The van der Waals surface area contributed by atoms with Crippen molar-refractivity contribution in [1.29, 1.82) is 0 Å². The fourth-order valence-corrected chi connectivity index (χ4v) is 13.2. The number of rotatable bonds is 11. The quantitative estimate of drug-likeness (QED) is 0.127. The summed E-state index contributed by atoms with van der Waals surface area (Å²) in [6.07, 6.45) is 10.4. The molecule has 77 heavy (non-hydrogen) atoms. The summed E-state index contributed by atoms with van der Waals surface area (Å²) in [6, 6.07) is 76.5. The number of nitrogens with zero attached hydrogens (tertiary/aromatic N) is 2. The molecule has 2 N–H and O–H groups in total. The number of nitrogens with one attached hydrogen (secondary N) is 2. The van der Waals surface area contributed by atoms with Gasteiger partial charge in [0, 0.05) is 82.5 Å². The highest BCUT2D eigenvalue weighted by Crippen LogP contribution is 2.53. The number of allylic oxidation sites excluding steroid dienone is 3. The van der Waals surface area contributed by atoms with Gasteiger partial charge in [0.15, 0.2) is 5.58 Å². The molecule has 5 nitrogen and oxygen atoms in total. The molecule has 0 atom stereocenters. The number of hydrogen-bond donors (Lipinski definition) is 2. The molecule has 4 heterocycles. The minimum atomic E-state index is 0.507. The number of fused-ring (bicyclic) bond motifs is 12. The van der Waals surface area contributed by atoms with Crippen LogP contribution in [-0.2, 0) is 0 Å². The highest BCUT2D eigenvalue weighted by Gasteiger charge is 2.29. The molecular weight excluding hydrogens is 937 g/mol. The lowest BCUT2D eigenvalue weighted by molar-refractivity contribution is 0.442. The van der Waals surface area contributed by atoms with Crippen LogP contribution in [0.5, 0.6) is 0 Å². The molecular formula is C72H54N4O. The van der Waals surface area contributed by atoms with E-state index in [4.69, 9.17) is 11.0 Å². The zero-order valence-corrected chi connectivity index (χ0v) is 42.7. The first-order valence-electron chi connectivity index (χ1n) is 27.1. The van der Waals surface area contributed by atoms with Crippen molar-refractivity contribution in [3.05, 3.63) is 254 Å². The van der Waals surface area contributed by atoms with Gasteiger partial charge in [0.05, 0.1) is 33.3 Å². The number of aromatic nitrogens is 2. The average Bonchev–Trinajstić information content (AvgIpc) is 4.41. The second kappa shape index (κ2) is 18.1. The normalized spacial score (nSPS) is 13.6. The maximum atomic E-state index is 7.11. The summed E-state index contributed by atoms with van der Waals surface area (Å²) in [5, 5.41) is 13.1. The van der Waals surface area contributed by atoms with Crippen molar-refractivity contribution in [2.24, 2.45) is 0 Å². The van der Waals surface area contributed by atoms with Crippen LogP contribution in [-0.4, -0.2) is 9.38 Å². The van der Waals surface area contributed by atoms with Crippen molar-refractivity contribution in [3.8, 4) is 22.3 Å². The average molecular weight is 991 g/mol. The van der Waals surface area contributed by atoms with Crippen LogP contribution in [0.15, 0.2) is 248 Å². The topological polar surface area (TPSA) is 48.6 Å². The van der Waals surface area contributed by atoms with E-state index in [2.05, 4.69) is 245 Å². The minimum absolute atomic E-state index is 0.507. The van der Waals surface area contributed by atoms with E-state index >= 15 is 0 Å². The highest BCUT2D eigenvalue weighted by atomic mass is 16.3. The summed E-state index contributed by atoms with van der Waals surface area (Å²) in [4.78, 5) is 6.40. The minimum Gasteiger partial charge on any atom is -0.454 e. The molecule has 0 amide bonds. The molecule has 0 bridgehead atoms. The molecule has 1 aliphatic carbocycles. The maximum Gasteiger partial charge on any atom is 0.159 e. The van der Waals surface area contributed by atoms with E-state index < -0.39 is 0 Å². The summed E-state index contributed by atoms with van der Waals surface area (Å²) in [6.45, 7) is 9.38. The first kappa shape index (κ1) is 44.9. The largest absolute Gasteiger partial charge is 0.454 e. The van der Waals surface area contributed by atoms with Crippen molar-refractivity contribution in [2.45, 2.75) is 38.0 Å². The molecule has 1 saturated carbocycles. The Kier molecular flexibility index (Phi) is 10.5. The Morgan fingerprint density at radius 2 is 1.18 bits per heavy atom. The molecule has 5 heteroatoms. The standard InChI is InChI=1S/C72H54N4O/c1-3-46(43-45(2)75(52-31-17-8-18-32-52)62-40-22-37-57-56-36-20-34-54(71(56)77-72(57)62)47-23-9-4-10-24-47)53-33-19-38-58-65-64(49-27-13-6-14-28-49)70-66(63(68(65)74-67(53)58)48-25-11-5-12-26-48)59-39-21-35-55-60-44-51(73-50-29-15-7-16-30-50)41-42-61(60)76(70)69(55)59/h3,5-8,11-22,25-44,47,73-74H,1-2,4,9-10,23-24H2/b46-43+. The number of hydrogen-bond acceptors (Lipinski definition) is 3. The molecule has 14 aromatic rings. The van der Waals surface area contributed by atoms with Crippen LogP contribution in [0.25, 0.3) is 110 Å². The van der Waals surface area contributed by atoms with E-state index in [0.29, 0.717) is 5.92 Å². The second-order valence-corrected chi connectivity index (χ2v) is 20.8. The smallest absolute Gasteiger partial charge is 0.159 e. The third-order valence-corrected chi connectivity index (χ3v) is 16.5. The molecule has 1 fully saturated rings. The van der Waals surface area contributed by atoms with Gasteiger partial charge in [-0.25, -0.2) is 0 Å². The van der Waals surface area contributed by atoms with Gasteiger partial charge in [0.2, 0.25) is 0 Å². The first-order valence-corrected chi connectivity index (χ1v) is 27.1. The summed E-state index contributed by atoms with van der Waals surface area (Å²) in [5.41, 5.74) is 20.4. The lowest BCUT2D eigenvalue weighted by Crippen LogP contribution is -2.14.